The monoisotopic (exact) mass is 349 g/mol. The Morgan fingerprint density at radius 2 is 1.92 bits per heavy atom. The van der Waals surface area contributed by atoms with Crippen LogP contribution < -0.4 is 10.0 Å². The van der Waals surface area contributed by atoms with E-state index in [1.54, 1.807) is 13.8 Å². The van der Waals surface area contributed by atoms with Crippen molar-refractivity contribution in [2.75, 3.05) is 11.9 Å². The zero-order valence-corrected chi connectivity index (χ0v) is 15.2. The van der Waals surface area contributed by atoms with E-state index in [1.807, 2.05) is 6.20 Å². The summed E-state index contributed by atoms with van der Waals surface area (Å²) in [6, 6.07) is 8.53. The molecule has 1 aromatic heterocycles. The third kappa shape index (κ3) is 4.11. The number of fused-ring (bicyclic) bond motifs is 1. The van der Waals surface area contributed by atoms with Gasteiger partial charge in [-0.25, -0.2) is 13.1 Å². The van der Waals surface area contributed by atoms with Gasteiger partial charge in [-0.3, -0.25) is 0 Å². The third-order valence-corrected chi connectivity index (χ3v) is 6.85. The van der Waals surface area contributed by atoms with E-state index in [-0.39, 0.29) is 11.3 Å². The minimum absolute atomic E-state index is 0.102. The lowest BCUT2D eigenvalue weighted by Crippen LogP contribution is -2.41. The summed E-state index contributed by atoms with van der Waals surface area (Å²) in [4.78, 5) is 3.20. The molecule has 0 bridgehead atoms. The highest BCUT2D eigenvalue weighted by Gasteiger charge is 2.26. The van der Waals surface area contributed by atoms with E-state index in [9.17, 15) is 8.42 Å². The lowest BCUT2D eigenvalue weighted by molar-refractivity contribution is 0.323. The van der Waals surface area contributed by atoms with Crippen molar-refractivity contribution in [3.8, 4) is 0 Å². The van der Waals surface area contributed by atoms with Gasteiger partial charge in [-0.1, -0.05) is 0 Å². The van der Waals surface area contributed by atoms with Crippen molar-refractivity contribution in [2.45, 2.75) is 50.8 Å². The van der Waals surface area contributed by atoms with Gasteiger partial charge in [0.15, 0.2) is 0 Å². The topological polar surface area (TPSA) is 74.0 Å². The zero-order chi connectivity index (χ0) is 17.2. The molecule has 2 aromatic rings. The highest BCUT2D eigenvalue weighted by Crippen LogP contribution is 2.26. The number of sulfonamides is 1. The van der Waals surface area contributed by atoms with Crippen molar-refractivity contribution >= 4 is 26.6 Å². The van der Waals surface area contributed by atoms with Gasteiger partial charge in [-0.05, 0) is 69.7 Å². The average molecular weight is 350 g/mol. The van der Waals surface area contributed by atoms with Crippen molar-refractivity contribution < 1.29 is 8.42 Å². The fourth-order valence-electron chi connectivity index (χ4n) is 3.28. The molecule has 0 atom stereocenters. The summed E-state index contributed by atoms with van der Waals surface area (Å²) in [7, 11) is -3.15. The molecule has 24 heavy (non-hydrogen) atoms. The SMILES string of the molecule is CC(C)S(=O)(=O)NC1CCC(CNc2ccc3[nH]ccc3c2)CC1. The Labute approximate surface area is 144 Å². The van der Waals surface area contributed by atoms with Crippen LogP contribution in [0.3, 0.4) is 0 Å². The van der Waals surface area contributed by atoms with Gasteiger partial charge in [-0.15, -0.1) is 0 Å². The third-order valence-electron chi connectivity index (χ3n) is 4.95. The maximum atomic E-state index is 11.9. The Kier molecular flexibility index (Phi) is 5.15. The standard InChI is InChI=1S/C18H27N3O2S/c1-13(2)24(22,23)21-16-5-3-14(4-6-16)12-20-17-7-8-18-15(11-17)9-10-19-18/h7-11,13-14,16,19-21H,3-6,12H2,1-2H3. The maximum absolute atomic E-state index is 11.9. The number of hydrogen-bond acceptors (Lipinski definition) is 3. The molecular formula is C18H27N3O2S. The van der Waals surface area contributed by atoms with Crippen LogP contribution in [0.4, 0.5) is 5.69 Å². The molecule has 1 aromatic carbocycles. The molecule has 0 amide bonds. The minimum Gasteiger partial charge on any atom is -0.385 e. The van der Waals surface area contributed by atoms with E-state index >= 15 is 0 Å². The molecule has 0 radical (unpaired) electrons. The number of benzene rings is 1. The van der Waals surface area contributed by atoms with Crippen LogP contribution in [0.1, 0.15) is 39.5 Å². The van der Waals surface area contributed by atoms with E-state index in [1.165, 1.54) is 5.39 Å². The first kappa shape index (κ1) is 17.3. The predicted molar refractivity (Wildman–Crippen MR) is 99.7 cm³/mol. The number of anilines is 1. The molecule has 0 unspecified atom stereocenters. The van der Waals surface area contributed by atoms with E-state index in [0.29, 0.717) is 5.92 Å². The number of aromatic amines is 1. The quantitative estimate of drug-likeness (QED) is 0.747. The Morgan fingerprint density at radius 3 is 2.62 bits per heavy atom. The molecule has 1 aliphatic carbocycles. The molecular weight excluding hydrogens is 322 g/mol. The molecule has 6 heteroatoms. The molecule has 0 spiro atoms. The van der Waals surface area contributed by atoms with Crippen molar-refractivity contribution in [2.24, 2.45) is 5.92 Å². The smallest absolute Gasteiger partial charge is 0.214 e. The Bertz CT molecular complexity index is 774. The number of rotatable bonds is 6. The lowest BCUT2D eigenvalue weighted by Gasteiger charge is -2.29. The minimum atomic E-state index is -3.15. The zero-order valence-electron chi connectivity index (χ0n) is 14.4. The van der Waals surface area contributed by atoms with Gasteiger partial charge in [-0.2, -0.15) is 0 Å². The fourth-order valence-corrected chi connectivity index (χ4v) is 4.25. The second kappa shape index (κ2) is 7.15. The number of H-pyrrole nitrogens is 1. The van der Waals surface area contributed by atoms with Gasteiger partial charge in [0.1, 0.15) is 0 Å². The molecule has 0 aliphatic heterocycles. The van der Waals surface area contributed by atoms with E-state index in [2.05, 4.69) is 39.3 Å². The van der Waals surface area contributed by atoms with Crippen LogP contribution in [0.25, 0.3) is 10.9 Å². The summed E-state index contributed by atoms with van der Waals surface area (Å²) in [5, 5.41) is 4.38. The first-order valence-corrected chi connectivity index (χ1v) is 10.3. The first-order valence-electron chi connectivity index (χ1n) is 8.76. The second-order valence-corrected chi connectivity index (χ2v) is 9.36. The molecule has 132 valence electrons. The van der Waals surface area contributed by atoms with Gasteiger partial charge in [0.25, 0.3) is 0 Å². The summed E-state index contributed by atoms with van der Waals surface area (Å²) in [6.07, 6.45) is 5.92. The van der Waals surface area contributed by atoms with Crippen LogP contribution in [-0.2, 0) is 10.0 Å². The highest BCUT2D eigenvalue weighted by molar-refractivity contribution is 7.90. The Hall–Kier alpha value is -1.53. The second-order valence-electron chi connectivity index (χ2n) is 7.09. The number of nitrogens with one attached hydrogen (secondary N) is 3. The van der Waals surface area contributed by atoms with Crippen LogP contribution in [0.15, 0.2) is 30.5 Å². The average Bonchev–Trinajstić information content (AvgIpc) is 3.01. The Balaban J connectivity index is 1.47. The lowest BCUT2D eigenvalue weighted by atomic mass is 9.86. The summed E-state index contributed by atoms with van der Waals surface area (Å²) >= 11 is 0. The van der Waals surface area contributed by atoms with E-state index in [0.717, 1.165) is 43.4 Å². The summed E-state index contributed by atoms with van der Waals surface area (Å²) in [6.45, 7) is 4.39. The number of hydrogen-bond donors (Lipinski definition) is 3. The van der Waals surface area contributed by atoms with E-state index < -0.39 is 10.0 Å². The first-order chi connectivity index (χ1) is 11.4. The van der Waals surface area contributed by atoms with Gasteiger partial charge in [0.2, 0.25) is 10.0 Å². The van der Waals surface area contributed by atoms with Crippen LogP contribution in [0, 0.1) is 5.92 Å². The van der Waals surface area contributed by atoms with Crippen LogP contribution in [0.5, 0.6) is 0 Å². The predicted octanol–water partition coefficient (Wildman–Crippen LogP) is 3.47. The van der Waals surface area contributed by atoms with Crippen LogP contribution >= 0.6 is 0 Å². The molecule has 1 heterocycles. The van der Waals surface area contributed by atoms with Gasteiger partial charge >= 0.3 is 0 Å². The molecule has 1 fully saturated rings. The maximum Gasteiger partial charge on any atom is 0.214 e. The van der Waals surface area contributed by atoms with Crippen LogP contribution in [0.2, 0.25) is 0 Å². The summed E-state index contributed by atoms with van der Waals surface area (Å²) < 4.78 is 26.8. The van der Waals surface area contributed by atoms with Crippen molar-refractivity contribution in [3.63, 3.8) is 0 Å². The van der Waals surface area contributed by atoms with Crippen molar-refractivity contribution in [3.05, 3.63) is 30.5 Å². The van der Waals surface area contributed by atoms with Gasteiger partial charge in [0, 0.05) is 35.4 Å². The fraction of sp³-hybridized carbons (Fsp3) is 0.556. The molecule has 0 saturated heterocycles. The van der Waals surface area contributed by atoms with Crippen molar-refractivity contribution in [1.82, 2.24) is 9.71 Å². The molecule has 3 rings (SSSR count). The van der Waals surface area contributed by atoms with Crippen LogP contribution in [-0.4, -0.2) is 31.2 Å². The Morgan fingerprint density at radius 1 is 1.17 bits per heavy atom. The van der Waals surface area contributed by atoms with E-state index in [4.69, 9.17) is 0 Å². The largest absolute Gasteiger partial charge is 0.385 e. The normalized spacial score (nSPS) is 22.1. The molecule has 1 saturated carbocycles. The molecule has 1 aliphatic rings. The summed E-state index contributed by atoms with van der Waals surface area (Å²) in [5.41, 5.74) is 2.29. The van der Waals surface area contributed by atoms with Gasteiger partial charge in [0.05, 0.1) is 5.25 Å². The molecule has 5 nitrogen and oxygen atoms in total. The van der Waals surface area contributed by atoms with Crippen molar-refractivity contribution in [1.29, 1.82) is 0 Å². The highest BCUT2D eigenvalue weighted by atomic mass is 32.2. The molecule has 3 N–H and O–H groups in total. The summed E-state index contributed by atoms with van der Waals surface area (Å²) in [5.74, 6) is 0.603. The number of aromatic nitrogens is 1. The van der Waals surface area contributed by atoms with Gasteiger partial charge < -0.3 is 10.3 Å².